The molecular formula is C34H26Si2. The lowest BCUT2D eigenvalue weighted by molar-refractivity contribution is 1.60. The Kier molecular flexibility index (Phi) is 7.71. The van der Waals surface area contributed by atoms with Gasteiger partial charge in [-0.15, -0.1) is 11.1 Å². The second-order valence-corrected chi connectivity index (χ2v) is 13.6. The third kappa shape index (κ3) is 6.01. The molecule has 0 nitrogen and oxygen atoms in total. The molecule has 0 spiro atoms. The van der Waals surface area contributed by atoms with Gasteiger partial charge in [-0.3, -0.25) is 0 Å². The molecule has 0 bridgehead atoms. The molecular weight excluding hydrogens is 465 g/mol. The standard InChI is InChI=1S/C34H26Si2/c1-5-13-31(14-6-1)35(32-15-7-2-8-16-32)27-25-29-21-23-30(24-22-29)26-28-36(33-17-9-3-10-18-33)34-19-11-4-12-20-34/h1-24,35-36H. The van der Waals surface area contributed by atoms with E-state index in [-0.39, 0.29) is 0 Å². The fourth-order valence-electron chi connectivity index (χ4n) is 4.25. The Balaban J connectivity index is 1.40. The molecule has 0 unspecified atom stereocenters. The van der Waals surface area contributed by atoms with Crippen LogP contribution in [0.15, 0.2) is 146 Å². The molecule has 0 aliphatic carbocycles. The predicted octanol–water partition coefficient (Wildman–Crippen LogP) is 3.55. The molecule has 0 aliphatic rings. The van der Waals surface area contributed by atoms with Crippen molar-refractivity contribution in [1.82, 2.24) is 0 Å². The van der Waals surface area contributed by atoms with Crippen LogP contribution >= 0.6 is 0 Å². The Morgan fingerprint density at radius 2 is 0.556 bits per heavy atom. The molecule has 0 amide bonds. The van der Waals surface area contributed by atoms with Crippen molar-refractivity contribution in [2.75, 3.05) is 0 Å². The first-order chi connectivity index (χ1) is 17.9. The maximum absolute atomic E-state index is 3.64. The number of benzene rings is 5. The Bertz CT molecular complexity index is 1310. The van der Waals surface area contributed by atoms with Crippen molar-refractivity contribution < 1.29 is 0 Å². The van der Waals surface area contributed by atoms with E-state index in [9.17, 15) is 0 Å². The van der Waals surface area contributed by atoms with E-state index in [0.717, 1.165) is 11.1 Å². The van der Waals surface area contributed by atoms with Crippen LogP contribution in [0.4, 0.5) is 0 Å². The maximum Gasteiger partial charge on any atom is 0.184 e. The highest BCUT2D eigenvalue weighted by Gasteiger charge is 2.14. The monoisotopic (exact) mass is 490 g/mol. The molecule has 2 heteroatoms. The highest BCUT2D eigenvalue weighted by molar-refractivity contribution is 6.92. The van der Waals surface area contributed by atoms with Gasteiger partial charge in [0.05, 0.1) is 0 Å². The van der Waals surface area contributed by atoms with Gasteiger partial charge in [-0.25, -0.2) is 0 Å². The summed E-state index contributed by atoms with van der Waals surface area (Å²) in [4.78, 5) is 0. The average molecular weight is 491 g/mol. The Labute approximate surface area is 217 Å². The minimum absolute atomic E-state index is 1.03. The largest absolute Gasteiger partial charge is 0.184 e. The van der Waals surface area contributed by atoms with Crippen molar-refractivity contribution in [2.45, 2.75) is 0 Å². The number of rotatable bonds is 4. The third-order valence-electron chi connectivity index (χ3n) is 6.14. The Morgan fingerprint density at radius 1 is 0.306 bits per heavy atom. The molecule has 5 rings (SSSR count). The van der Waals surface area contributed by atoms with E-state index in [1.807, 2.05) is 0 Å². The quantitative estimate of drug-likeness (QED) is 0.267. The van der Waals surface area contributed by atoms with Crippen molar-refractivity contribution in [3.8, 4) is 22.9 Å². The second-order valence-electron chi connectivity index (χ2n) is 8.62. The van der Waals surface area contributed by atoms with Crippen molar-refractivity contribution in [1.29, 1.82) is 0 Å². The first-order valence-electron chi connectivity index (χ1n) is 12.2. The Hall–Kier alpha value is -4.35. The zero-order valence-electron chi connectivity index (χ0n) is 20.0. The molecule has 0 saturated heterocycles. The molecule has 0 N–H and O–H groups in total. The summed E-state index contributed by atoms with van der Waals surface area (Å²) in [5.74, 6) is 6.92. The van der Waals surface area contributed by atoms with Crippen molar-refractivity contribution >= 4 is 38.3 Å². The van der Waals surface area contributed by atoms with Gasteiger partial charge in [-0.2, -0.15) is 0 Å². The molecule has 36 heavy (non-hydrogen) atoms. The van der Waals surface area contributed by atoms with Gasteiger partial charge in [-0.05, 0) is 45.0 Å². The first kappa shape index (κ1) is 23.4. The first-order valence-corrected chi connectivity index (χ1v) is 15.7. The summed E-state index contributed by atoms with van der Waals surface area (Å²) in [6.07, 6.45) is 0. The lowest BCUT2D eigenvalue weighted by Crippen LogP contribution is -2.41. The van der Waals surface area contributed by atoms with Crippen molar-refractivity contribution in [2.24, 2.45) is 0 Å². The molecule has 0 saturated carbocycles. The van der Waals surface area contributed by atoms with Crippen LogP contribution in [0.1, 0.15) is 11.1 Å². The van der Waals surface area contributed by atoms with Crippen LogP contribution < -0.4 is 20.7 Å². The zero-order chi connectivity index (χ0) is 24.4. The van der Waals surface area contributed by atoms with E-state index in [0.29, 0.717) is 0 Å². The lowest BCUT2D eigenvalue weighted by Gasteiger charge is -2.09. The van der Waals surface area contributed by atoms with Gasteiger partial charge >= 0.3 is 0 Å². The fourth-order valence-corrected chi connectivity index (χ4v) is 8.74. The summed E-state index contributed by atoms with van der Waals surface area (Å²) in [6, 6.07) is 51.1. The van der Waals surface area contributed by atoms with E-state index in [2.05, 4.69) is 169 Å². The second kappa shape index (κ2) is 11.9. The summed E-state index contributed by atoms with van der Waals surface area (Å²) in [7, 11) is -3.23. The summed E-state index contributed by atoms with van der Waals surface area (Å²) in [5.41, 5.74) is 9.35. The predicted molar refractivity (Wildman–Crippen MR) is 159 cm³/mol. The van der Waals surface area contributed by atoms with Crippen LogP contribution in [0.25, 0.3) is 0 Å². The zero-order valence-corrected chi connectivity index (χ0v) is 22.3. The van der Waals surface area contributed by atoms with Crippen molar-refractivity contribution in [3.63, 3.8) is 0 Å². The van der Waals surface area contributed by atoms with Crippen LogP contribution in [-0.4, -0.2) is 17.6 Å². The van der Waals surface area contributed by atoms with Gasteiger partial charge < -0.3 is 0 Å². The number of hydrogen-bond acceptors (Lipinski definition) is 0. The molecule has 0 aliphatic heterocycles. The highest BCUT2D eigenvalue weighted by atomic mass is 28.3. The van der Waals surface area contributed by atoms with Gasteiger partial charge in [0.1, 0.15) is 0 Å². The van der Waals surface area contributed by atoms with E-state index in [4.69, 9.17) is 0 Å². The van der Waals surface area contributed by atoms with Gasteiger partial charge in [0.15, 0.2) is 17.6 Å². The van der Waals surface area contributed by atoms with Gasteiger partial charge in [0, 0.05) is 11.1 Å². The van der Waals surface area contributed by atoms with Gasteiger partial charge in [-0.1, -0.05) is 133 Å². The molecule has 5 aromatic rings. The summed E-state index contributed by atoms with van der Waals surface area (Å²) < 4.78 is 0. The maximum atomic E-state index is 3.64. The van der Waals surface area contributed by atoms with Crippen LogP contribution in [-0.2, 0) is 0 Å². The topological polar surface area (TPSA) is 0 Å². The Morgan fingerprint density at radius 3 is 0.806 bits per heavy atom. The fraction of sp³-hybridized carbons (Fsp3) is 0. The van der Waals surface area contributed by atoms with E-state index in [1.165, 1.54) is 20.7 Å². The summed E-state index contributed by atoms with van der Waals surface area (Å²) in [6.45, 7) is 0. The van der Waals surface area contributed by atoms with E-state index in [1.54, 1.807) is 0 Å². The van der Waals surface area contributed by atoms with Gasteiger partial charge in [0.25, 0.3) is 0 Å². The summed E-state index contributed by atoms with van der Waals surface area (Å²) in [5, 5.41) is 5.38. The molecule has 0 radical (unpaired) electrons. The van der Waals surface area contributed by atoms with Crippen LogP contribution in [0, 0.1) is 22.9 Å². The molecule has 0 atom stereocenters. The van der Waals surface area contributed by atoms with Gasteiger partial charge in [0.2, 0.25) is 0 Å². The molecule has 5 aromatic carbocycles. The molecule has 0 aromatic heterocycles. The summed E-state index contributed by atoms with van der Waals surface area (Å²) >= 11 is 0. The van der Waals surface area contributed by atoms with Crippen LogP contribution in [0.3, 0.4) is 0 Å². The third-order valence-corrected chi connectivity index (χ3v) is 11.2. The minimum atomic E-state index is -1.61. The van der Waals surface area contributed by atoms with Crippen LogP contribution in [0.2, 0.25) is 0 Å². The average Bonchev–Trinajstić information content (AvgIpc) is 2.96. The van der Waals surface area contributed by atoms with E-state index >= 15 is 0 Å². The highest BCUT2D eigenvalue weighted by Crippen LogP contribution is 2.03. The lowest BCUT2D eigenvalue weighted by atomic mass is 10.1. The van der Waals surface area contributed by atoms with Crippen LogP contribution in [0.5, 0.6) is 0 Å². The SMILES string of the molecule is C(#C[SiH](c1ccccc1)c1ccccc1)c1ccc(C#C[SiH](c2ccccc2)c2ccccc2)cc1. The molecule has 0 heterocycles. The van der Waals surface area contributed by atoms with E-state index < -0.39 is 17.6 Å². The minimum Gasteiger partial charge on any atom is -0.119 e. The molecule has 170 valence electrons. The number of hydrogen-bond donors (Lipinski definition) is 0. The van der Waals surface area contributed by atoms with Crippen molar-refractivity contribution in [3.05, 3.63) is 157 Å². The molecule has 0 fully saturated rings. The smallest absolute Gasteiger partial charge is 0.119 e. The normalized spacial score (nSPS) is 10.3.